The Bertz CT molecular complexity index is 1220. The van der Waals surface area contributed by atoms with Crippen LogP contribution in [0.15, 0.2) is 41.3 Å². The van der Waals surface area contributed by atoms with Crippen LogP contribution in [0.1, 0.15) is 11.1 Å². The number of benzene rings is 2. The maximum atomic E-state index is 12.8. The molecule has 1 N–H and O–H groups in total. The normalized spacial score (nSPS) is 15.6. The Hall–Kier alpha value is -2.70. The van der Waals surface area contributed by atoms with Crippen LogP contribution >= 0.6 is 0 Å². The van der Waals surface area contributed by atoms with Crippen molar-refractivity contribution in [2.75, 3.05) is 42.1 Å². The Morgan fingerprint density at radius 2 is 1.61 bits per heavy atom. The van der Waals surface area contributed by atoms with Gasteiger partial charge in [-0.05, 0) is 37.6 Å². The molecule has 168 valence electrons. The smallest absolute Gasteiger partial charge is 0.293 e. The molecule has 0 amide bonds. The third-order valence-electron chi connectivity index (χ3n) is 5.13. The molecule has 3 rings (SSSR count). The Morgan fingerprint density at radius 1 is 0.968 bits per heavy atom. The van der Waals surface area contributed by atoms with Crippen molar-refractivity contribution in [2.45, 2.75) is 18.7 Å². The number of rotatable bonds is 6. The van der Waals surface area contributed by atoms with E-state index in [0.717, 1.165) is 23.4 Å². The third-order valence-corrected chi connectivity index (χ3v) is 7.79. The van der Waals surface area contributed by atoms with Gasteiger partial charge in [0.25, 0.3) is 15.7 Å². The van der Waals surface area contributed by atoms with Crippen molar-refractivity contribution >= 4 is 37.1 Å². The lowest BCUT2D eigenvalue weighted by molar-refractivity contribution is -0.384. The minimum absolute atomic E-state index is 0.199. The monoisotopic (exact) mass is 468 g/mol. The quantitative estimate of drug-likeness (QED) is 0.507. The summed E-state index contributed by atoms with van der Waals surface area (Å²) in [6.07, 6.45) is 1.12. The van der Waals surface area contributed by atoms with Gasteiger partial charge in [-0.1, -0.05) is 17.7 Å². The van der Waals surface area contributed by atoms with Gasteiger partial charge in [0, 0.05) is 32.2 Å². The number of piperazine rings is 1. The summed E-state index contributed by atoms with van der Waals surface area (Å²) in [7, 11) is -7.38. The highest BCUT2D eigenvalue weighted by Crippen LogP contribution is 2.32. The summed E-state index contributed by atoms with van der Waals surface area (Å²) in [5.41, 5.74) is 2.02. The molecule has 0 radical (unpaired) electrons. The molecular formula is C19H24N4O6S2. The lowest BCUT2D eigenvalue weighted by Gasteiger charge is -2.34. The Labute approximate surface area is 181 Å². The Balaban J connectivity index is 1.89. The van der Waals surface area contributed by atoms with E-state index in [0.29, 0.717) is 5.69 Å². The van der Waals surface area contributed by atoms with Gasteiger partial charge in [0.05, 0.1) is 21.8 Å². The number of hydrogen-bond acceptors (Lipinski definition) is 7. The van der Waals surface area contributed by atoms with Crippen molar-refractivity contribution in [1.29, 1.82) is 0 Å². The van der Waals surface area contributed by atoms with Gasteiger partial charge >= 0.3 is 0 Å². The second kappa shape index (κ2) is 8.44. The molecule has 1 saturated heterocycles. The summed E-state index contributed by atoms with van der Waals surface area (Å²) in [5.74, 6) is 0. The number of nitro benzene ring substituents is 1. The molecule has 0 unspecified atom stereocenters. The van der Waals surface area contributed by atoms with E-state index in [1.807, 2.05) is 13.0 Å². The largest absolute Gasteiger partial charge is 0.363 e. The summed E-state index contributed by atoms with van der Waals surface area (Å²) >= 11 is 0. The standard InChI is InChI=1S/C19H24N4O6S2/c1-14-4-6-17(15(2)12-14)20-31(28,29)16-5-7-18(19(13-16)23(24)25)21-8-10-22(11-9-21)30(3,26)27/h4-7,12-13,20H,8-11H2,1-3H3. The first-order valence-corrected chi connectivity index (χ1v) is 12.8. The van der Waals surface area contributed by atoms with Crippen LogP contribution in [-0.4, -0.2) is 58.5 Å². The molecule has 0 bridgehead atoms. The zero-order chi connectivity index (χ0) is 23.0. The minimum Gasteiger partial charge on any atom is -0.363 e. The van der Waals surface area contributed by atoms with Crippen LogP contribution in [0.5, 0.6) is 0 Å². The van der Waals surface area contributed by atoms with Crippen LogP contribution in [0.2, 0.25) is 0 Å². The van der Waals surface area contributed by atoms with Crippen LogP contribution < -0.4 is 9.62 Å². The predicted molar refractivity (Wildman–Crippen MR) is 118 cm³/mol. The predicted octanol–water partition coefficient (Wildman–Crippen LogP) is 2.09. The van der Waals surface area contributed by atoms with E-state index in [1.165, 1.54) is 16.4 Å². The topological polar surface area (TPSA) is 130 Å². The molecule has 0 spiro atoms. The zero-order valence-electron chi connectivity index (χ0n) is 17.4. The van der Waals surface area contributed by atoms with Crippen molar-refractivity contribution in [3.63, 3.8) is 0 Å². The van der Waals surface area contributed by atoms with Crippen LogP contribution in [0.3, 0.4) is 0 Å². The van der Waals surface area contributed by atoms with Crippen molar-refractivity contribution in [2.24, 2.45) is 0 Å². The molecule has 1 aliphatic rings. The van der Waals surface area contributed by atoms with E-state index >= 15 is 0 Å². The van der Waals surface area contributed by atoms with Crippen molar-refractivity contribution < 1.29 is 21.8 Å². The Morgan fingerprint density at radius 3 is 2.16 bits per heavy atom. The fourth-order valence-corrected chi connectivity index (χ4v) is 5.45. The zero-order valence-corrected chi connectivity index (χ0v) is 19.0. The number of anilines is 2. The first-order chi connectivity index (χ1) is 14.4. The van der Waals surface area contributed by atoms with Crippen LogP contribution in [-0.2, 0) is 20.0 Å². The number of nitrogens with one attached hydrogen (secondary N) is 1. The second-order valence-electron chi connectivity index (χ2n) is 7.48. The molecule has 1 aliphatic heterocycles. The van der Waals surface area contributed by atoms with E-state index < -0.39 is 25.0 Å². The SMILES string of the molecule is Cc1ccc(NS(=O)(=O)c2ccc(N3CCN(S(C)(=O)=O)CC3)c([N+](=O)[O-])c2)c(C)c1. The molecule has 0 atom stereocenters. The summed E-state index contributed by atoms with van der Waals surface area (Å²) in [6.45, 7) is 4.59. The highest BCUT2D eigenvalue weighted by molar-refractivity contribution is 7.92. The summed E-state index contributed by atoms with van der Waals surface area (Å²) in [5, 5.41) is 11.7. The maximum absolute atomic E-state index is 12.8. The van der Waals surface area contributed by atoms with Gasteiger partial charge in [-0.25, -0.2) is 16.8 Å². The van der Waals surface area contributed by atoms with E-state index in [9.17, 15) is 26.9 Å². The molecule has 2 aromatic rings. The van der Waals surface area contributed by atoms with E-state index in [2.05, 4.69) is 4.72 Å². The first kappa shape index (κ1) is 23.0. The fraction of sp³-hybridized carbons (Fsp3) is 0.368. The van der Waals surface area contributed by atoms with Crippen molar-refractivity contribution in [3.05, 3.63) is 57.6 Å². The average Bonchev–Trinajstić information content (AvgIpc) is 2.69. The minimum atomic E-state index is -4.04. The third kappa shape index (κ3) is 5.14. The molecule has 2 aromatic carbocycles. The number of nitrogens with zero attached hydrogens (tertiary/aromatic N) is 3. The fourth-order valence-electron chi connectivity index (χ4n) is 3.48. The molecule has 1 fully saturated rings. The lowest BCUT2D eigenvalue weighted by atomic mass is 10.1. The molecular weight excluding hydrogens is 444 g/mol. The highest BCUT2D eigenvalue weighted by Gasteiger charge is 2.29. The summed E-state index contributed by atoms with van der Waals surface area (Å²) < 4.78 is 52.8. The van der Waals surface area contributed by atoms with Gasteiger partial charge in [-0.15, -0.1) is 0 Å². The van der Waals surface area contributed by atoms with Crippen molar-refractivity contribution in [1.82, 2.24) is 4.31 Å². The highest BCUT2D eigenvalue weighted by atomic mass is 32.2. The first-order valence-electron chi connectivity index (χ1n) is 9.47. The van der Waals surface area contributed by atoms with Gasteiger partial charge < -0.3 is 4.90 Å². The van der Waals surface area contributed by atoms with Crippen molar-refractivity contribution in [3.8, 4) is 0 Å². The van der Waals surface area contributed by atoms with E-state index in [1.54, 1.807) is 24.0 Å². The summed E-state index contributed by atoms with van der Waals surface area (Å²) in [6, 6.07) is 8.99. The number of aryl methyl sites for hydroxylation is 2. The summed E-state index contributed by atoms with van der Waals surface area (Å²) in [4.78, 5) is 12.5. The molecule has 0 aliphatic carbocycles. The lowest BCUT2D eigenvalue weighted by Crippen LogP contribution is -2.48. The van der Waals surface area contributed by atoms with Gasteiger partial charge in [-0.2, -0.15) is 4.31 Å². The number of hydrogen-bond donors (Lipinski definition) is 1. The number of nitro groups is 1. The van der Waals surface area contributed by atoms with Crippen LogP contribution in [0.4, 0.5) is 17.1 Å². The molecule has 0 saturated carbocycles. The van der Waals surface area contributed by atoms with Crippen LogP contribution in [0.25, 0.3) is 0 Å². The molecule has 12 heteroatoms. The second-order valence-corrected chi connectivity index (χ2v) is 11.1. The maximum Gasteiger partial charge on any atom is 0.293 e. The van der Waals surface area contributed by atoms with Gasteiger partial charge in [-0.3, -0.25) is 14.8 Å². The molecule has 31 heavy (non-hydrogen) atoms. The van der Waals surface area contributed by atoms with Gasteiger partial charge in [0.15, 0.2) is 0 Å². The van der Waals surface area contributed by atoms with Gasteiger partial charge in [0.2, 0.25) is 10.0 Å². The molecule has 0 aromatic heterocycles. The Kier molecular flexibility index (Phi) is 6.25. The van der Waals surface area contributed by atoms with E-state index in [4.69, 9.17) is 0 Å². The molecule has 1 heterocycles. The van der Waals surface area contributed by atoms with E-state index in [-0.39, 0.29) is 42.4 Å². The van der Waals surface area contributed by atoms with Crippen LogP contribution in [0, 0.1) is 24.0 Å². The average molecular weight is 469 g/mol. The number of sulfonamides is 2. The molecule has 10 nitrogen and oxygen atoms in total. The van der Waals surface area contributed by atoms with Gasteiger partial charge in [0.1, 0.15) is 5.69 Å².